The zero-order valence-electron chi connectivity index (χ0n) is 13.8. The van der Waals surface area contributed by atoms with Crippen LogP contribution in [0, 0.1) is 5.92 Å². The topological polar surface area (TPSA) is 52.6 Å². The molecule has 2 amide bonds. The van der Waals surface area contributed by atoms with E-state index in [2.05, 4.69) is 29.6 Å². The molecule has 0 aromatic heterocycles. The molecule has 0 spiro atoms. The highest BCUT2D eigenvalue weighted by molar-refractivity contribution is 5.74. The van der Waals surface area contributed by atoms with Crippen molar-refractivity contribution in [2.24, 2.45) is 5.92 Å². The zero-order valence-corrected chi connectivity index (χ0v) is 13.8. The molecule has 3 rings (SSSR count). The maximum Gasteiger partial charge on any atom is 0.317 e. The van der Waals surface area contributed by atoms with Gasteiger partial charge in [0.25, 0.3) is 0 Å². The predicted molar refractivity (Wildman–Crippen MR) is 94.9 cm³/mol. The lowest BCUT2D eigenvalue weighted by Crippen LogP contribution is -2.40. The van der Waals surface area contributed by atoms with Crippen LogP contribution in [0.4, 0.5) is 4.79 Å². The summed E-state index contributed by atoms with van der Waals surface area (Å²) in [4.78, 5) is 14.2. The van der Waals surface area contributed by atoms with E-state index in [-0.39, 0.29) is 24.5 Å². The fourth-order valence-corrected chi connectivity index (χ4v) is 3.27. The number of carbonyl (C=O) groups is 1. The van der Waals surface area contributed by atoms with Crippen LogP contribution < -0.4 is 5.32 Å². The average molecular weight is 324 g/mol. The summed E-state index contributed by atoms with van der Waals surface area (Å²) >= 11 is 0. The minimum atomic E-state index is -0.0391. The molecule has 2 N–H and O–H groups in total. The quantitative estimate of drug-likeness (QED) is 0.888. The second kappa shape index (κ2) is 7.97. The molecule has 1 aliphatic heterocycles. The van der Waals surface area contributed by atoms with Crippen LogP contribution in [0.3, 0.4) is 0 Å². The van der Waals surface area contributed by atoms with E-state index >= 15 is 0 Å². The Hall–Kier alpha value is -2.33. The Labute approximate surface area is 143 Å². The van der Waals surface area contributed by atoms with Crippen LogP contribution in [0.1, 0.15) is 23.5 Å². The summed E-state index contributed by atoms with van der Waals surface area (Å²) in [7, 11) is 0. The lowest BCUT2D eigenvalue weighted by atomic mass is 9.91. The van der Waals surface area contributed by atoms with Gasteiger partial charge in [-0.1, -0.05) is 60.7 Å². The van der Waals surface area contributed by atoms with Gasteiger partial charge in [-0.05, 0) is 17.5 Å². The van der Waals surface area contributed by atoms with Crippen molar-refractivity contribution in [3.8, 4) is 0 Å². The SMILES string of the molecule is O=C(NCC(c1ccccc1)c1ccccc1)N1CC[C@H](CO)C1. The molecule has 0 bridgehead atoms. The van der Waals surface area contributed by atoms with Crippen molar-refractivity contribution in [3.05, 3.63) is 71.8 Å². The van der Waals surface area contributed by atoms with Gasteiger partial charge < -0.3 is 15.3 Å². The first-order chi connectivity index (χ1) is 11.8. The normalized spacial score (nSPS) is 17.2. The smallest absolute Gasteiger partial charge is 0.317 e. The van der Waals surface area contributed by atoms with Gasteiger partial charge in [-0.25, -0.2) is 4.79 Å². The summed E-state index contributed by atoms with van der Waals surface area (Å²) in [6.45, 7) is 2.08. The molecular formula is C20H24N2O2. The molecule has 4 heteroatoms. The van der Waals surface area contributed by atoms with Crippen LogP contribution in [0.2, 0.25) is 0 Å². The Morgan fingerprint density at radius 3 is 2.17 bits per heavy atom. The van der Waals surface area contributed by atoms with Gasteiger partial charge in [0.2, 0.25) is 0 Å². The van der Waals surface area contributed by atoms with Crippen molar-refractivity contribution in [1.82, 2.24) is 10.2 Å². The number of nitrogens with zero attached hydrogens (tertiary/aromatic N) is 1. The summed E-state index contributed by atoms with van der Waals surface area (Å²) in [6.07, 6.45) is 0.880. The van der Waals surface area contributed by atoms with Crippen LogP contribution >= 0.6 is 0 Å². The molecule has 1 heterocycles. The maximum atomic E-state index is 12.4. The van der Waals surface area contributed by atoms with E-state index in [1.807, 2.05) is 36.4 Å². The molecule has 2 aromatic carbocycles. The number of likely N-dealkylation sites (tertiary alicyclic amines) is 1. The minimum absolute atomic E-state index is 0.0391. The second-order valence-corrected chi connectivity index (χ2v) is 6.34. The Bertz CT molecular complexity index is 606. The third kappa shape index (κ3) is 3.95. The first kappa shape index (κ1) is 16.5. The molecule has 1 saturated heterocycles. The number of urea groups is 1. The lowest BCUT2D eigenvalue weighted by molar-refractivity contribution is 0.198. The number of aliphatic hydroxyl groups excluding tert-OH is 1. The molecule has 0 unspecified atom stereocenters. The predicted octanol–water partition coefficient (Wildman–Crippen LogP) is 2.84. The van der Waals surface area contributed by atoms with Crippen LogP contribution in [-0.4, -0.2) is 42.3 Å². The van der Waals surface area contributed by atoms with Crippen molar-refractivity contribution in [2.45, 2.75) is 12.3 Å². The molecule has 1 aliphatic rings. The summed E-state index contributed by atoms with van der Waals surface area (Å²) in [6, 6.07) is 20.5. The van der Waals surface area contributed by atoms with E-state index in [0.29, 0.717) is 13.1 Å². The number of aliphatic hydroxyl groups is 1. The first-order valence-corrected chi connectivity index (χ1v) is 8.51. The number of nitrogens with one attached hydrogen (secondary N) is 1. The monoisotopic (exact) mass is 324 g/mol. The van der Waals surface area contributed by atoms with Crippen LogP contribution in [0.15, 0.2) is 60.7 Å². The van der Waals surface area contributed by atoms with Gasteiger partial charge in [0.15, 0.2) is 0 Å². The summed E-state index contributed by atoms with van der Waals surface area (Å²) < 4.78 is 0. The van der Waals surface area contributed by atoms with Gasteiger partial charge in [-0.3, -0.25) is 0 Å². The Balaban J connectivity index is 1.68. The third-order valence-electron chi connectivity index (χ3n) is 4.69. The number of hydrogen-bond acceptors (Lipinski definition) is 2. The molecule has 126 valence electrons. The van der Waals surface area contributed by atoms with Gasteiger partial charge in [-0.15, -0.1) is 0 Å². The van der Waals surface area contributed by atoms with Crippen LogP contribution in [0.5, 0.6) is 0 Å². The van der Waals surface area contributed by atoms with Crippen molar-refractivity contribution in [1.29, 1.82) is 0 Å². The van der Waals surface area contributed by atoms with Gasteiger partial charge >= 0.3 is 6.03 Å². The molecule has 0 radical (unpaired) electrons. The van der Waals surface area contributed by atoms with Gasteiger partial charge in [-0.2, -0.15) is 0 Å². The Morgan fingerprint density at radius 1 is 1.08 bits per heavy atom. The van der Waals surface area contributed by atoms with Crippen molar-refractivity contribution in [3.63, 3.8) is 0 Å². The van der Waals surface area contributed by atoms with Crippen molar-refractivity contribution in [2.75, 3.05) is 26.2 Å². The van der Waals surface area contributed by atoms with Crippen molar-refractivity contribution < 1.29 is 9.90 Å². The third-order valence-corrected chi connectivity index (χ3v) is 4.69. The number of hydrogen-bond donors (Lipinski definition) is 2. The summed E-state index contributed by atoms with van der Waals surface area (Å²) in [5.41, 5.74) is 2.39. The van der Waals surface area contributed by atoms with E-state index in [0.717, 1.165) is 13.0 Å². The molecule has 0 saturated carbocycles. The average Bonchev–Trinajstić information content (AvgIpc) is 3.13. The standard InChI is InChI=1S/C20H24N2O2/c23-15-16-11-12-22(14-16)20(24)21-13-19(17-7-3-1-4-8-17)18-9-5-2-6-10-18/h1-10,16,19,23H,11-15H2,(H,21,24)/t16-/m0/s1. The van der Waals surface area contributed by atoms with Crippen LogP contribution in [-0.2, 0) is 0 Å². The zero-order chi connectivity index (χ0) is 16.8. The molecule has 24 heavy (non-hydrogen) atoms. The molecular weight excluding hydrogens is 300 g/mol. The molecule has 1 fully saturated rings. The van der Waals surface area contributed by atoms with Crippen LogP contribution in [0.25, 0.3) is 0 Å². The highest BCUT2D eigenvalue weighted by Crippen LogP contribution is 2.24. The molecule has 1 atom stereocenters. The van der Waals surface area contributed by atoms with E-state index < -0.39 is 0 Å². The van der Waals surface area contributed by atoms with E-state index in [1.54, 1.807) is 4.90 Å². The summed E-state index contributed by atoms with van der Waals surface area (Å²) in [5, 5.41) is 12.3. The Morgan fingerprint density at radius 2 is 1.67 bits per heavy atom. The van der Waals surface area contributed by atoms with Gasteiger partial charge in [0.05, 0.1) is 0 Å². The van der Waals surface area contributed by atoms with E-state index in [9.17, 15) is 9.90 Å². The molecule has 2 aromatic rings. The fraction of sp³-hybridized carbons (Fsp3) is 0.350. The second-order valence-electron chi connectivity index (χ2n) is 6.34. The van der Waals surface area contributed by atoms with Crippen molar-refractivity contribution >= 4 is 6.03 Å². The maximum absolute atomic E-state index is 12.4. The number of amides is 2. The fourth-order valence-electron chi connectivity index (χ4n) is 3.27. The highest BCUT2D eigenvalue weighted by Gasteiger charge is 2.26. The van der Waals surface area contributed by atoms with Gasteiger partial charge in [0, 0.05) is 38.1 Å². The highest BCUT2D eigenvalue weighted by atomic mass is 16.3. The Kier molecular flexibility index (Phi) is 5.49. The largest absolute Gasteiger partial charge is 0.396 e. The first-order valence-electron chi connectivity index (χ1n) is 8.51. The number of rotatable bonds is 5. The van der Waals surface area contributed by atoms with E-state index in [4.69, 9.17) is 0 Å². The van der Waals surface area contributed by atoms with Gasteiger partial charge in [0.1, 0.15) is 0 Å². The summed E-state index contributed by atoms with van der Waals surface area (Å²) in [5.74, 6) is 0.349. The molecule has 0 aliphatic carbocycles. The number of benzene rings is 2. The molecule has 4 nitrogen and oxygen atoms in total. The number of carbonyl (C=O) groups excluding carboxylic acids is 1. The minimum Gasteiger partial charge on any atom is -0.396 e. The lowest BCUT2D eigenvalue weighted by Gasteiger charge is -2.22. The van der Waals surface area contributed by atoms with E-state index in [1.165, 1.54) is 11.1 Å².